The maximum absolute atomic E-state index is 12.1. The summed E-state index contributed by atoms with van der Waals surface area (Å²) in [6.45, 7) is 5.92. The lowest BCUT2D eigenvalue weighted by molar-refractivity contribution is -0.00606. The van der Waals surface area contributed by atoms with Crippen LogP contribution in [0.2, 0.25) is 5.02 Å². The average molecular weight is 583 g/mol. The molecular formula is C30H35ClN4O6. The SMILES string of the molecule is CC1(O)CCN(CCCOc2cc3nccc(Oc4ccc(NC(=O)NC5CC5)c(Cl)c4)c3c3c2OCCO3)CC1. The molecule has 11 heteroatoms. The fourth-order valence-electron chi connectivity index (χ4n) is 5.05. The standard InChI is InChI=1S/C30H35ClN4O6/c1-30(37)8-12-35(13-9-30)11-2-14-38-25-18-23-26(28-27(25)39-15-16-40-28)24(7-10-32-23)41-20-5-6-22(21(31)17-20)34-29(36)33-19-3-4-19/h5-7,10,17-19,37H,2-4,8-9,11-16H2,1H3,(H2,33,34,36). The predicted octanol–water partition coefficient (Wildman–Crippen LogP) is 5.35. The third kappa shape index (κ3) is 6.72. The smallest absolute Gasteiger partial charge is 0.319 e. The number of aliphatic hydroxyl groups is 1. The van der Waals surface area contributed by atoms with Crippen LogP contribution >= 0.6 is 11.6 Å². The van der Waals surface area contributed by atoms with E-state index in [-0.39, 0.29) is 12.1 Å². The molecule has 10 nitrogen and oxygen atoms in total. The number of amides is 2. The van der Waals surface area contributed by atoms with Crippen LogP contribution in [0.25, 0.3) is 10.9 Å². The number of benzene rings is 2. The van der Waals surface area contributed by atoms with Gasteiger partial charge in [0.25, 0.3) is 0 Å². The van der Waals surface area contributed by atoms with E-state index in [0.717, 1.165) is 51.7 Å². The Kier molecular flexibility index (Phi) is 7.96. The van der Waals surface area contributed by atoms with Crippen molar-refractivity contribution in [3.63, 3.8) is 0 Å². The Hall–Kier alpha value is -3.47. The number of piperidine rings is 1. The van der Waals surface area contributed by atoms with Gasteiger partial charge in [0.05, 0.1) is 33.8 Å². The van der Waals surface area contributed by atoms with Crippen LogP contribution in [0.5, 0.6) is 28.7 Å². The third-order valence-electron chi connectivity index (χ3n) is 7.58. The van der Waals surface area contributed by atoms with Crippen LogP contribution in [0.4, 0.5) is 10.5 Å². The molecule has 41 heavy (non-hydrogen) atoms. The zero-order chi connectivity index (χ0) is 28.4. The highest BCUT2D eigenvalue weighted by atomic mass is 35.5. The van der Waals surface area contributed by atoms with Gasteiger partial charge in [0.1, 0.15) is 24.7 Å². The van der Waals surface area contributed by atoms with E-state index in [9.17, 15) is 9.90 Å². The number of urea groups is 1. The van der Waals surface area contributed by atoms with Gasteiger partial charge in [0.2, 0.25) is 5.75 Å². The molecule has 1 saturated carbocycles. The number of pyridine rings is 1. The van der Waals surface area contributed by atoms with Crippen molar-refractivity contribution in [2.45, 2.75) is 50.7 Å². The molecule has 2 aliphatic heterocycles. The maximum atomic E-state index is 12.1. The van der Waals surface area contributed by atoms with Gasteiger partial charge in [0.15, 0.2) is 11.5 Å². The summed E-state index contributed by atoms with van der Waals surface area (Å²) in [5.41, 5.74) is 0.602. The molecule has 6 rings (SSSR count). The van der Waals surface area contributed by atoms with Gasteiger partial charge < -0.3 is 39.6 Å². The van der Waals surface area contributed by atoms with Gasteiger partial charge in [-0.2, -0.15) is 0 Å². The zero-order valence-electron chi connectivity index (χ0n) is 23.1. The first kappa shape index (κ1) is 27.7. The summed E-state index contributed by atoms with van der Waals surface area (Å²) in [6.07, 6.45) is 6.10. The summed E-state index contributed by atoms with van der Waals surface area (Å²) < 4.78 is 24.5. The van der Waals surface area contributed by atoms with Gasteiger partial charge in [-0.25, -0.2) is 4.79 Å². The molecule has 3 N–H and O–H groups in total. The molecular weight excluding hydrogens is 548 g/mol. The first-order valence-corrected chi connectivity index (χ1v) is 14.6. The van der Waals surface area contributed by atoms with E-state index in [1.54, 1.807) is 30.5 Å². The number of rotatable bonds is 9. The van der Waals surface area contributed by atoms with E-state index in [2.05, 4.69) is 20.5 Å². The normalized spacial score (nSPS) is 18.1. The molecule has 2 fully saturated rings. The largest absolute Gasteiger partial charge is 0.489 e. The molecule has 0 unspecified atom stereocenters. The molecule has 3 heterocycles. The van der Waals surface area contributed by atoms with Crippen LogP contribution in [-0.4, -0.2) is 72.1 Å². The highest BCUT2D eigenvalue weighted by Crippen LogP contribution is 2.48. The van der Waals surface area contributed by atoms with Crippen molar-refractivity contribution >= 4 is 34.2 Å². The minimum atomic E-state index is -0.551. The number of halogens is 1. The molecule has 3 aliphatic rings. The number of anilines is 1. The summed E-state index contributed by atoms with van der Waals surface area (Å²) >= 11 is 6.46. The number of nitrogens with one attached hydrogen (secondary N) is 2. The molecule has 0 atom stereocenters. The number of hydrogen-bond acceptors (Lipinski definition) is 8. The average Bonchev–Trinajstić information content (AvgIpc) is 3.77. The Balaban J connectivity index is 1.16. The summed E-state index contributed by atoms with van der Waals surface area (Å²) in [7, 11) is 0. The third-order valence-corrected chi connectivity index (χ3v) is 7.89. The minimum absolute atomic E-state index is 0.249. The molecule has 1 saturated heterocycles. The number of hydrogen-bond donors (Lipinski definition) is 3. The topological polar surface area (TPSA) is 114 Å². The zero-order valence-corrected chi connectivity index (χ0v) is 23.8. The van der Waals surface area contributed by atoms with Crippen molar-refractivity contribution in [3.8, 4) is 28.7 Å². The molecule has 0 bridgehead atoms. The lowest BCUT2D eigenvalue weighted by atomic mass is 9.94. The van der Waals surface area contributed by atoms with E-state index in [1.165, 1.54) is 0 Å². The second kappa shape index (κ2) is 11.8. The number of nitrogens with zero attached hydrogens (tertiary/aromatic N) is 2. The van der Waals surface area contributed by atoms with Crippen LogP contribution in [0, 0.1) is 0 Å². The Labute approximate surface area is 243 Å². The van der Waals surface area contributed by atoms with Gasteiger partial charge >= 0.3 is 6.03 Å². The highest BCUT2D eigenvalue weighted by molar-refractivity contribution is 6.33. The first-order valence-electron chi connectivity index (χ1n) is 14.2. The number of carbonyl (C=O) groups is 1. The van der Waals surface area contributed by atoms with Crippen molar-refractivity contribution in [1.82, 2.24) is 15.2 Å². The molecule has 1 aliphatic carbocycles. The highest BCUT2D eigenvalue weighted by Gasteiger charge is 2.28. The van der Waals surface area contributed by atoms with Gasteiger partial charge in [-0.15, -0.1) is 0 Å². The Morgan fingerprint density at radius 1 is 1.15 bits per heavy atom. The molecule has 0 spiro atoms. The number of aromatic nitrogens is 1. The van der Waals surface area contributed by atoms with E-state index in [4.69, 9.17) is 30.5 Å². The van der Waals surface area contributed by atoms with Gasteiger partial charge in [-0.05, 0) is 57.2 Å². The van der Waals surface area contributed by atoms with Gasteiger partial charge in [-0.1, -0.05) is 11.6 Å². The van der Waals surface area contributed by atoms with E-state index >= 15 is 0 Å². The van der Waals surface area contributed by atoms with Gasteiger partial charge in [0, 0.05) is 44.0 Å². The number of fused-ring (bicyclic) bond motifs is 3. The number of ether oxygens (including phenoxy) is 4. The second-order valence-electron chi connectivity index (χ2n) is 11.1. The predicted molar refractivity (Wildman–Crippen MR) is 156 cm³/mol. The molecule has 2 amide bonds. The molecule has 0 radical (unpaired) electrons. The Morgan fingerprint density at radius 3 is 2.68 bits per heavy atom. The lowest BCUT2D eigenvalue weighted by Crippen LogP contribution is -2.42. The van der Waals surface area contributed by atoms with E-state index in [0.29, 0.717) is 70.2 Å². The van der Waals surface area contributed by atoms with Crippen molar-refractivity contribution in [1.29, 1.82) is 0 Å². The summed E-state index contributed by atoms with van der Waals surface area (Å²) in [4.78, 5) is 19.0. The van der Waals surface area contributed by atoms with Crippen molar-refractivity contribution in [2.24, 2.45) is 0 Å². The Morgan fingerprint density at radius 2 is 1.93 bits per heavy atom. The number of likely N-dealkylation sites (tertiary alicyclic amines) is 1. The quantitative estimate of drug-likeness (QED) is 0.289. The van der Waals surface area contributed by atoms with E-state index in [1.807, 2.05) is 13.0 Å². The van der Waals surface area contributed by atoms with E-state index < -0.39 is 5.60 Å². The molecule has 218 valence electrons. The molecule has 1 aromatic heterocycles. The van der Waals surface area contributed by atoms with Crippen LogP contribution in [0.15, 0.2) is 36.5 Å². The van der Waals surface area contributed by atoms with Gasteiger partial charge in [-0.3, -0.25) is 4.98 Å². The van der Waals surface area contributed by atoms with Crippen LogP contribution in [0.1, 0.15) is 39.0 Å². The van der Waals surface area contributed by atoms with Crippen LogP contribution in [-0.2, 0) is 0 Å². The second-order valence-corrected chi connectivity index (χ2v) is 11.5. The minimum Gasteiger partial charge on any atom is -0.489 e. The fraction of sp³-hybridized carbons (Fsp3) is 0.467. The number of carbonyl (C=O) groups excluding carboxylic acids is 1. The van der Waals surface area contributed by atoms with Crippen LogP contribution in [0.3, 0.4) is 0 Å². The maximum Gasteiger partial charge on any atom is 0.319 e. The monoisotopic (exact) mass is 582 g/mol. The van der Waals surface area contributed by atoms with Crippen molar-refractivity contribution < 1.29 is 28.8 Å². The lowest BCUT2D eigenvalue weighted by Gasteiger charge is -2.35. The summed E-state index contributed by atoms with van der Waals surface area (Å²) in [6, 6.07) is 8.71. The molecule has 3 aromatic rings. The summed E-state index contributed by atoms with van der Waals surface area (Å²) in [5, 5.41) is 16.9. The first-order chi connectivity index (χ1) is 19.8. The van der Waals surface area contributed by atoms with Crippen molar-refractivity contribution in [3.05, 3.63) is 41.6 Å². The molecule has 2 aromatic carbocycles. The fourth-order valence-corrected chi connectivity index (χ4v) is 5.27. The van der Waals surface area contributed by atoms with Crippen LogP contribution < -0.4 is 29.6 Å². The Bertz CT molecular complexity index is 1420. The van der Waals surface area contributed by atoms with Crippen molar-refractivity contribution in [2.75, 3.05) is 44.8 Å². The summed E-state index contributed by atoms with van der Waals surface area (Å²) in [5.74, 6) is 2.69.